The number of rotatable bonds is 6. The highest BCUT2D eigenvalue weighted by Gasteiger charge is 2.54. The van der Waals surface area contributed by atoms with Gasteiger partial charge in [0.05, 0.1) is 25.3 Å². The number of carbonyl (C=O) groups excluding carboxylic acids is 2. The van der Waals surface area contributed by atoms with Crippen molar-refractivity contribution >= 4 is 40.7 Å². The number of quaternary nitrogens is 1. The van der Waals surface area contributed by atoms with Gasteiger partial charge in [-0.1, -0.05) is 24.3 Å². The third-order valence-corrected chi connectivity index (χ3v) is 6.06. The van der Waals surface area contributed by atoms with Gasteiger partial charge in [0.15, 0.2) is 22.9 Å². The highest BCUT2D eigenvalue weighted by Crippen LogP contribution is 2.41. The number of carbonyl (C=O) groups is 2. The largest absolute Gasteiger partial charge is 0.502 e. The zero-order chi connectivity index (χ0) is 22.7. The Kier molecular flexibility index (Phi) is 5.81. The maximum Gasteiger partial charge on any atom is 0.438 e. The van der Waals surface area contributed by atoms with Crippen molar-refractivity contribution in [3.8, 4) is 17.2 Å². The number of urea groups is 1. The number of hydrogen-bond acceptors (Lipinski definition) is 6. The van der Waals surface area contributed by atoms with E-state index in [0.29, 0.717) is 16.9 Å². The Morgan fingerprint density at radius 3 is 2.34 bits per heavy atom. The topological polar surface area (TPSA) is 84.9 Å². The lowest BCUT2D eigenvalue weighted by Gasteiger charge is -2.27. The summed E-state index contributed by atoms with van der Waals surface area (Å²) in [7, 11) is 2.85. The monoisotopic (exact) mass is 449 g/mol. The van der Waals surface area contributed by atoms with Crippen molar-refractivity contribution in [3.05, 3.63) is 82.7 Å². The van der Waals surface area contributed by atoms with E-state index >= 15 is 0 Å². The minimum atomic E-state index is -0.621. The summed E-state index contributed by atoms with van der Waals surface area (Å²) in [6.45, 7) is 0. The number of methoxy groups -OCH3 is 2. The SMILES string of the molecule is COc1cc(C=CC(=O)[N+]2(c3ccccc3)C(=O)NC=C2c2cccs2)cc(OC)c1O. The van der Waals surface area contributed by atoms with Gasteiger partial charge in [0.2, 0.25) is 5.75 Å². The van der Waals surface area contributed by atoms with Crippen LogP contribution in [0.4, 0.5) is 10.5 Å². The maximum atomic E-state index is 13.7. The molecule has 1 unspecified atom stereocenters. The van der Waals surface area contributed by atoms with E-state index in [1.807, 2.05) is 23.6 Å². The van der Waals surface area contributed by atoms with Gasteiger partial charge in [-0.05, 0) is 35.2 Å². The molecule has 1 atom stereocenters. The highest BCUT2D eigenvalue weighted by atomic mass is 32.1. The van der Waals surface area contributed by atoms with Gasteiger partial charge in [-0.2, -0.15) is 0 Å². The molecule has 8 heteroatoms. The first-order valence-electron chi connectivity index (χ1n) is 9.70. The first-order valence-corrected chi connectivity index (χ1v) is 10.6. The zero-order valence-corrected chi connectivity index (χ0v) is 18.3. The smallest absolute Gasteiger partial charge is 0.438 e. The summed E-state index contributed by atoms with van der Waals surface area (Å²) in [5.74, 6) is -0.159. The third-order valence-electron chi connectivity index (χ3n) is 5.17. The number of nitrogens with zero attached hydrogens (tertiary/aromatic N) is 1. The molecule has 3 amide bonds. The van der Waals surface area contributed by atoms with E-state index < -0.39 is 16.4 Å². The number of benzene rings is 2. The Labute approximate surface area is 189 Å². The van der Waals surface area contributed by atoms with Crippen LogP contribution in [-0.2, 0) is 4.79 Å². The van der Waals surface area contributed by atoms with Crippen LogP contribution in [0.5, 0.6) is 17.2 Å². The molecule has 1 aromatic heterocycles. The molecule has 2 N–H and O–H groups in total. The summed E-state index contributed by atoms with van der Waals surface area (Å²) >= 11 is 1.45. The Hall–Kier alpha value is -3.88. The van der Waals surface area contributed by atoms with E-state index in [4.69, 9.17) is 9.47 Å². The van der Waals surface area contributed by atoms with Crippen LogP contribution >= 0.6 is 11.3 Å². The number of nitrogens with one attached hydrogen (secondary N) is 1. The van der Waals surface area contributed by atoms with Gasteiger partial charge in [0.1, 0.15) is 0 Å². The minimum absolute atomic E-state index is 0.131. The first-order chi connectivity index (χ1) is 15.5. The Morgan fingerprint density at radius 1 is 1.06 bits per heavy atom. The van der Waals surface area contributed by atoms with E-state index in [1.165, 1.54) is 31.6 Å². The van der Waals surface area contributed by atoms with Crippen LogP contribution in [0.1, 0.15) is 10.4 Å². The highest BCUT2D eigenvalue weighted by molar-refractivity contribution is 7.11. The molecular weight excluding hydrogens is 428 g/mol. The maximum absolute atomic E-state index is 13.7. The molecular formula is C24H21N2O5S+. The van der Waals surface area contributed by atoms with E-state index in [2.05, 4.69) is 5.32 Å². The summed E-state index contributed by atoms with van der Waals surface area (Å²) in [5, 5.41) is 14.7. The lowest BCUT2D eigenvalue weighted by Crippen LogP contribution is -2.55. The van der Waals surface area contributed by atoms with Gasteiger partial charge >= 0.3 is 11.9 Å². The Balaban J connectivity index is 1.81. The molecule has 0 spiro atoms. The predicted octanol–water partition coefficient (Wildman–Crippen LogP) is 4.74. The minimum Gasteiger partial charge on any atom is -0.502 e. The van der Waals surface area contributed by atoms with E-state index in [1.54, 1.807) is 48.7 Å². The Morgan fingerprint density at radius 2 is 1.75 bits per heavy atom. The number of thiophene rings is 1. The number of hydrogen-bond donors (Lipinski definition) is 2. The second kappa shape index (κ2) is 8.70. The van der Waals surface area contributed by atoms with Crippen LogP contribution in [0.2, 0.25) is 0 Å². The van der Waals surface area contributed by atoms with E-state index in [-0.39, 0.29) is 17.2 Å². The molecule has 0 aliphatic carbocycles. The fourth-order valence-electron chi connectivity index (χ4n) is 3.64. The Bertz CT molecular complexity index is 1190. The molecule has 2 heterocycles. The van der Waals surface area contributed by atoms with Crippen LogP contribution in [0, 0.1) is 0 Å². The van der Waals surface area contributed by atoms with E-state index in [0.717, 1.165) is 4.88 Å². The average molecular weight is 450 g/mol. The summed E-state index contributed by atoms with van der Waals surface area (Å²) in [6, 6.07) is 15.4. The number of amides is 3. The molecule has 0 saturated heterocycles. The van der Waals surface area contributed by atoms with Crippen LogP contribution in [0.3, 0.4) is 0 Å². The molecule has 0 fully saturated rings. The van der Waals surface area contributed by atoms with Gasteiger partial charge in [0, 0.05) is 18.2 Å². The van der Waals surface area contributed by atoms with Crippen molar-refractivity contribution in [2.45, 2.75) is 0 Å². The molecule has 0 radical (unpaired) electrons. The van der Waals surface area contributed by atoms with Crippen molar-refractivity contribution in [3.63, 3.8) is 0 Å². The number of para-hydroxylation sites is 1. The summed E-state index contributed by atoms with van der Waals surface area (Å²) in [4.78, 5) is 27.7. The molecule has 1 aliphatic heterocycles. The zero-order valence-electron chi connectivity index (χ0n) is 17.4. The van der Waals surface area contributed by atoms with Gasteiger partial charge in [0.25, 0.3) is 0 Å². The summed E-state index contributed by atoms with van der Waals surface area (Å²) < 4.78 is 9.74. The first kappa shape index (κ1) is 21.4. The predicted molar refractivity (Wildman–Crippen MR) is 124 cm³/mol. The van der Waals surface area contributed by atoms with Crippen molar-refractivity contribution in [2.75, 3.05) is 14.2 Å². The molecule has 32 heavy (non-hydrogen) atoms. The number of imide groups is 1. The van der Waals surface area contributed by atoms with Crippen LogP contribution in [0.25, 0.3) is 11.8 Å². The average Bonchev–Trinajstić information content (AvgIpc) is 3.47. The molecule has 162 valence electrons. The second-order valence-electron chi connectivity index (χ2n) is 6.91. The quantitative estimate of drug-likeness (QED) is 0.419. The number of ether oxygens (including phenoxy) is 2. The van der Waals surface area contributed by atoms with Crippen molar-refractivity contribution in [2.24, 2.45) is 0 Å². The molecule has 4 rings (SSSR count). The summed E-state index contributed by atoms with van der Waals surface area (Å²) in [6.07, 6.45) is 4.50. The number of phenols is 1. The molecule has 2 aromatic carbocycles. The third kappa shape index (κ3) is 3.45. The second-order valence-corrected chi connectivity index (χ2v) is 7.86. The number of phenolic OH excluding ortho intramolecular Hbond substituents is 1. The van der Waals surface area contributed by atoms with Crippen molar-refractivity contribution in [1.82, 2.24) is 9.80 Å². The van der Waals surface area contributed by atoms with Gasteiger partial charge in [-0.25, -0.2) is 9.59 Å². The molecule has 0 bridgehead atoms. The van der Waals surface area contributed by atoms with Gasteiger partial charge < -0.3 is 14.6 Å². The van der Waals surface area contributed by atoms with E-state index in [9.17, 15) is 14.7 Å². The van der Waals surface area contributed by atoms with Crippen molar-refractivity contribution in [1.29, 1.82) is 0 Å². The molecule has 1 aliphatic rings. The fourth-order valence-corrected chi connectivity index (χ4v) is 4.41. The van der Waals surface area contributed by atoms with Crippen LogP contribution in [-0.4, -0.2) is 31.3 Å². The summed E-state index contributed by atoms with van der Waals surface area (Å²) in [5.41, 5.74) is 1.64. The van der Waals surface area contributed by atoms with Gasteiger partial charge in [-0.15, -0.1) is 15.8 Å². The fraction of sp³-hybridized carbons (Fsp3) is 0.0833. The lowest BCUT2D eigenvalue weighted by atomic mass is 10.1. The number of aromatic hydroxyl groups is 1. The lowest BCUT2D eigenvalue weighted by molar-refractivity contribution is -0.120. The van der Waals surface area contributed by atoms with Gasteiger partial charge in [-0.3, -0.25) is 5.32 Å². The van der Waals surface area contributed by atoms with Crippen LogP contribution in [0.15, 0.2) is 72.3 Å². The normalized spacial score (nSPS) is 17.8. The molecule has 3 aromatic rings. The standard InChI is InChI=1S/C24H20N2O5S/c1-30-19-13-16(14-20(31-2)23(19)28)10-11-22(27)26(17-7-4-3-5-8-17)18(15-25-24(26)29)21-9-6-12-32-21/h3-15H,1-2H3,(H-,25,27,28,29)/p+1. The van der Waals surface area contributed by atoms with Crippen LogP contribution < -0.4 is 19.3 Å². The molecule has 7 nitrogen and oxygen atoms in total. The van der Waals surface area contributed by atoms with Crippen molar-refractivity contribution < 1.29 is 24.2 Å². The molecule has 0 saturated carbocycles.